The summed E-state index contributed by atoms with van der Waals surface area (Å²) in [5.74, 6) is -0.307. The van der Waals surface area contributed by atoms with Gasteiger partial charge in [-0.25, -0.2) is 0 Å². The van der Waals surface area contributed by atoms with Gasteiger partial charge in [-0.05, 0) is 24.6 Å². The highest BCUT2D eigenvalue weighted by atomic mass is 35.5. The van der Waals surface area contributed by atoms with Gasteiger partial charge in [-0.1, -0.05) is 53.0 Å². The summed E-state index contributed by atoms with van der Waals surface area (Å²) < 4.78 is 7.19. The molecule has 0 fully saturated rings. The van der Waals surface area contributed by atoms with Crippen molar-refractivity contribution in [3.05, 3.63) is 59.4 Å². The molecule has 4 nitrogen and oxygen atoms in total. The second kappa shape index (κ2) is 9.11. The molecular weight excluding hydrogens is 347 g/mol. The number of ether oxygens (including phenoxy) is 1. The van der Waals surface area contributed by atoms with Crippen molar-refractivity contribution in [2.75, 3.05) is 20.3 Å². The number of hydrogen-bond acceptors (Lipinski definition) is 2. The normalized spacial score (nSPS) is 11.0. The molecule has 0 unspecified atom stereocenters. The van der Waals surface area contributed by atoms with Gasteiger partial charge < -0.3 is 14.2 Å². The van der Waals surface area contributed by atoms with Crippen molar-refractivity contribution in [3.63, 3.8) is 0 Å². The standard InChI is InChI=1S/C18H22Cl2N2O2/c1-14-5-7-15(8-6-14)12-21-9-3-4-16(21)13-22(10-11-24-2)18(23)17(19)20/h3-9,17H,10-13H2,1-2H3. The maximum Gasteiger partial charge on any atom is 0.256 e. The summed E-state index contributed by atoms with van der Waals surface area (Å²) in [5.41, 5.74) is 3.47. The number of methoxy groups -OCH3 is 1. The lowest BCUT2D eigenvalue weighted by Crippen LogP contribution is -2.37. The lowest BCUT2D eigenvalue weighted by molar-refractivity contribution is -0.130. The molecule has 0 aliphatic rings. The maximum atomic E-state index is 12.2. The van der Waals surface area contributed by atoms with Gasteiger partial charge in [0.1, 0.15) is 0 Å². The first-order valence-electron chi connectivity index (χ1n) is 7.76. The van der Waals surface area contributed by atoms with Gasteiger partial charge in [-0.15, -0.1) is 0 Å². The molecule has 6 heteroatoms. The molecule has 1 aromatic carbocycles. The number of carbonyl (C=O) groups excluding carboxylic acids is 1. The summed E-state index contributed by atoms with van der Waals surface area (Å²) in [6.07, 6.45) is 2.01. The minimum absolute atomic E-state index is 0.307. The summed E-state index contributed by atoms with van der Waals surface area (Å²) in [6.45, 7) is 4.14. The molecule has 130 valence electrons. The Morgan fingerprint density at radius 2 is 1.96 bits per heavy atom. The summed E-state index contributed by atoms with van der Waals surface area (Å²) in [6, 6.07) is 12.4. The van der Waals surface area contributed by atoms with Crippen LogP contribution in [0.25, 0.3) is 0 Å². The van der Waals surface area contributed by atoms with Crippen LogP contribution in [0.4, 0.5) is 0 Å². The Balaban J connectivity index is 2.11. The third-order valence-electron chi connectivity index (χ3n) is 3.81. The van der Waals surface area contributed by atoms with Gasteiger partial charge in [-0.2, -0.15) is 0 Å². The van der Waals surface area contributed by atoms with Crippen molar-refractivity contribution in [2.45, 2.75) is 24.8 Å². The Kier molecular flexibility index (Phi) is 7.16. The average Bonchev–Trinajstić information content (AvgIpc) is 2.99. The second-order valence-electron chi connectivity index (χ2n) is 5.67. The Labute approximate surface area is 152 Å². The lowest BCUT2D eigenvalue weighted by atomic mass is 10.1. The monoisotopic (exact) mass is 368 g/mol. The van der Waals surface area contributed by atoms with Crippen molar-refractivity contribution in [3.8, 4) is 0 Å². The fraction of sp³-hybridized carbons (Fsp3) is 0.389. The largest absolute Gasteiger partial charge is 0.383 e. The number of aromatic nitrogens is 1. The second-order valence-corrected chi connectivity index (χ2v) is 6.76. The van der Waals surface area contributed by atoms with E-state index in [4.69, 9.17) is 27.9 Å². The highest BCUT2D eigenvalue weighted by Crippen LogP contribution is 2.14. The summed E-state index contributed by atoms with van der Waals surface area (Å²) in [5, 5.41) is 0. The van der Waals surface area contributed by atoms with Crippen molar-refractivity contribution in [1.82, 2.24) is 9.47 Å². The Bertz CT molecular complexity index is 653. The van der Waals surface area contributed by atoms with E-state index in [0.717, 1.165) is 12.2 Å². The van der Waals surface area contributed by atoms with Gasteiger partial charge in [0, 0.05) is 32.1 Å². The van der Waals surface area contributed by atoms with Crippen LogP contribution in [0.5, 0.6) is 0 Å². The first kappa shape index (κ1) is 18.8. The molecule has 0 spiro atoms. The highest BCUT2D eigenvalue weighted by molar-refractivity contribution is 6.53. The van der Waals surface area contributed by atoms with Crippen molar-refractivity contribution in [1.29, 1.82) is 0 Å². The summed E-state index contributed by atoms with van der Waals surface area (Å²) in [4.78, 5) is 12.7. The van der Waals surface area contributed by atoms with Crippen LogP contribution >= 0.6 is 23.2 Å². The smallest absolute Gasteiger partial charge is 0.256 e. The number of hydrogen-bond donors (Lipinski definition) is 0. The molecular formula is C18H22Cl2N2O2. The minimum atomic E-state index is -1.07. The van der Waals surface area contributed by atoms with Crippen LogP contribution in [0.3, 0.4) is 0 Å². The van der Waals surface area contributed by atoms with Crippen LogP contribution < -0.4 is 0 Å². The minimum Gasteiger partial charge on any atom is -0.383 e. The molecule has 2 aromatic rings. The zero-order valence-electron chi connectivity index (χ0n) is 13.9. The van der Waals surface area contributed by atoms with E-state index in [9.17, 15) is 4.79 Å². The van der Waals surface area contributed by atoms with Crippen LogP contribution in [-0.4, -0.2) is 40.5 Å². The van der Waals surface area contributed by atoms with Crippen molar-refractivity contribution >= 4 is 29.1 Å². The quantitative estimate of drug-likeness (QED) is 0.666. The number of rotatable bonds is 8. The average molecular weight is 369 g/mol. The van der Waals surface area contributed by atoms with E-state index in [1.807, 2.05) is 18.3 Å². The van der Waals surface area contributed by atoms with Gasteiger partial charge in [-0.3, -0.25) is 4.79 Å². The van der Waals surface area contributed by atoms with Gasteiger partial charge in [0.25, 0.3) is 5.91 Å². The molecule has 0 saturated carbocycles. The van der Waals surface area contributed by atoms with E-state index in [1.54, 1.807) is 12.0 Å². The zero-order chi connectivity index (χ0) is 17.5. The highest BCUT2D eigenvalue weighted by Gasteiger charge is 2.21. The fourth-order valence-electron chi connectivity index (χ4n) is 2.44. The van der Waals surface area contributed by atoms with Crippen LogP contribution in [0, 0.1) is 6.92 Å². The van der Waals surface area contributed by atoms with Crippen LogP contribution in [0.1, 0.15) is 16.8 Å². The van der Waals surface area contributed by atoms with Crippen molar-refractivity contribution < 1.29 is 9.53 Å². The third kappa shape index (κ3) is 5.26. The number of nitrogens with zero attached hydrogens (tertiary/aromatic N) is 2. The number of alkyl halides is 2. The predicted molar refractivity (Wildman–Crippen MR) is 97.5 cm³/mol. The number of amides is 1. The Hall–Kier alpha value is -1.49. The molecule has 1 amide bonds. The first-order chi connectivity index (χ1) is 11.5. The Morgan fingerprint density at radius 1 is 1.25 bits per heavy atom. The number of carbonyl (C=O) groups is 1. The number of aryl methyl sites for hydroxylation is 1. The topological polar surface area (TPSA) is 34.5 Å². The van der Waals surface area contributed by atoms with E-state index in [-0.39, 0.29) is 5.91 Å². The maximum absolute atomic E-state index is 12.2. The van der Waals surface area contributed by atoms with E-state index in [0.29, 0.717) is 19.7 Å². The van der Waals surface area contributed by atoms with Gasteiger partial charge in [0.2, 0.25) is 0 Å². The molecule has 0 bridgehead atoms. The molecule has 0 radical (unpaired) electrons. The molecule has 0 aliphatic heterocycles. The van der Waals surface area contributed by atoms with E-state index in [2.05, 4.69) is 35.8 Å². The molecule has 0 atom stereocenters. The molecule has 2 rings (SSSR count). The third-order valence-corrected chi connectivity index (χ3v) is 4.19. The number of halogens is 2. The van der Waals surface area contributed by atoms with Gasteiger partial charge in [0.15, 0.2) is 4.84 Å². The van der Waals surface area contributed by atoms with Crippen molar-refractivity contribution in [2.24, 2.45) is 0 Å². The van der Waals surface area contributed by atoms with E-state index >= 15 is 0 Å². The molecule has 0 N–H and O–H groups in total. The van der Waals surface area contributed by atoms with Gasteiger partial charge >= 0.3 is 0 Å². The molecule has 0 saturated heterocycles. The Morgan fingerprint density at radius 3 is 2.58 bits per heavy atom. The lowest BCUT2D eigenvalue weighted by Gasteiger charge is -2.24. The van der Waals surface area contributed by atoms with Gasteiger partial charge in [0.05, 0.1) is 13.2 Å². The summed E-state index contributed by atoms with van der Waals surface area (Å²) in [7, 11) is 1.60. The zero-order valence-corrected chi connectivity index (χ0v) is 15.4. The van der Waals surface area contributed by atoms with Crippen LogP contribution in [-0.2, 0) is 22.6 Å². The molecule has 1 heterocycles. The first-order valence-corrected chi connectivity index (χ1v) is 8.64. The van der Waals surface area contributed by atoms with E-state index in [1.165, 1.54) is 11.1 Å². The molecule has 0 aliphatic carbocycles. The number of benzene rings is 1. The summed E-state index contributed by atoms with van der Waals surface area (Å²) >= 11 is 11.5. The fourth-order valence-corrected chi connectivity index (χ4v) is 2.72. The van der Waals surface area contributed by atoms with E-state index < -0.39 is 4.84 Å². The van der Waals surface area contributed by atoms with Crippen LogP contribution in [0.15, 0.2) is 42.6 Å². The predicted octanol–water partition coefficient (Wildman–Crippen LogP) is 3.62. The van der Waals surface area contributed by atoms with Crippen LogP contribution in [0.2, 0.25) is 0 Å². The SMILES string of the molecule is COCCN(Cc1cccn1Cc1ccc(C)cc1)C(=O)C(Cl)Cl. The molecule has 1 aromatic heterocycles. The molecule has 24 heavy (non-hydrogen) atoms.